The number of aryl methyl sites for hydroxylation is 1. The molecule has 1 aliphatic carbocycles. The number of pyridine rings is 1. The molecule has 3 rings (SSSR count). The Balaban J connectivity index is 1.51. The molecule has 25 heavy (non-hydrogen) atoms. The Bertz CT molecular complexity index is 593. The highest BCUT2D eigenvalue weighted by Crippen LogP contribution is 2.37. The summed E-state index contributed by atoms with van der Waals surface area (Å²) in [4.78, 5) is 21.5. The summed E-state index contributed by atoms with van der Waals surface area (Å²) in [5.41, 5.74) is 2.27. The normalized spacial score (nSPS) is 20.8. The first kappa shape index (κ1) is 18.2. The number of nitrogens with one attached hydrogen (secondary N) is 1. The van der Waals surface area contributed by atoms with E-state index in [0.29, 0.717) is 0 Å². The molecule has 2 heterocycles. The second kappa shape index (κ2) is 7.73. The zero-order valence-electron chi connectivity index (χ0n) is 15.9. The maximum atomic E-state index is 12.7. The number of piperidine rings is 1. The number of nitrogens with zero attached hydrogens (tertiary/aromatic N) is 3. The van der Waals surface area contributed by atoms with Gasteiger partial charge in [0, 0.05) is 37.9 Å². The van der Waals surface area contributed by atoms with Crippen molar-refractivity contribution in [1.29, 1.82) is 0 Å². The molecule has 0 unspecified atom stereocenters. The highest BCUT2D eigenvalue weighted by atomic mass is 16.2. The van der Waals surface area contributed by atoms with Crippen LogP contribution in [0.3, 0.4) is 0 Å². The van der Waals surface area contributed by atoms with E-state index in [-0.39, 0.29) is 17.6 Å². The molecule has 0 radical (unpaired) electrons. The van der Waals surface area contributed by atoms with E-state index in [0.717, 1.165) is 31.5 Å². The lowest BCUT2D eigenvalue weighted by Gasteiger charge is -2.33. The van der Waals surface area contributed by atoms with E-state index in [1.807, 2.05) is 24.2 Å². The van der Waals surface area contributed by atoms with Gasteiger partial charge in [-0.3, -0.25) is 4.98 Å². The quantitative estimate of drug-likeness (QED) is 0.863. The standard InChI is InChI=1S/C20H32N4O/c1-16-7-10-21-18(13-16)14-17(2)23(3)19(25)22-20(8-9-20)15-24-11-5-4-6-12-24/h7,10,13,17H,4-6,8-9,11-12,14-15H2,1-3H3,(H,22,25)/t17-/m0/s1. The predicted molar refractivity (Wildman–Crippen MR) is 101 cm³/mol. The van der Waals surface area contributed by atoms with Gasteiger partial charge in [0.25, 0.3) is 0 Å². The molecular weight excluding hydrogens is 312 g/mol. The van der Waals surface area contributed by atoms with Gasteiger partial charge >= 0.3 is 6.03 Å². The molecular formula is C20H32N4O. The van der Waals surface area contributed by atoms with Crippen molar-refractivity contribution in [1.82, 2.24) is 20.1 Å². The van der Waals surface area contributed by atoms with Gasteiger partial charge in [-0.15, -0.1) is 0 Å². The molecule has 1 atom stereocenters. The third-order valence-electron chi connectivity index (χ3n) is 5.66. The van der Waals surface area contributed by atoms with Crippen molar-refractivity contribution in [3.8, 4) is 0 Å². The molecule has 1 saturated carbocycles. The highest BCUT2D eigenvalue weighted by Gasteiger charge is 2.46. The summed E-state index contributed by atoms with van der Waals surface area (Å²) in [7, 11) is 1.90. The summed E-state index contributed by atoms with van der Waals surface area (Å²) < 4.78 is 0. The summed E-state index contributed by atoms with van der Waals surface area (Å²) in [5, 5.41) is 3.32. The van der Waals surface area contributed by atoms with Crippen LogP contribution in [0.5, 0.6) is 0 Å². The van der Waals surface area contributed by atoms with Crippen molar-refractivity contribution in [2.45, 2.75) is 64.0 Å². The SMILES string of the molecule is Cc1ccnc(C[C@H](C)N(C)C(=O)NC2(CN3CCCCC3)CC2)c1. The Morgan fingerprint density at radius 1 is 1.36 bits per heavy atom. The first-order chi connectivity index (χ1) is 12.0. The molecule has 0 aromatic carbocycles. The van der Waals surface area contributed by atoms with Crippen molar-refractivity contribution in [3.63, 3.8) is 0 Å². The molecule has 2 fully saturated rings. The summed E-state index contributed by atoms with van der Waals surface area (Å²) in [5.74, 6) is 0. The summed E-state index contributed by atoms with van der Waals surface area (Å²) in [6.07, 6.45) is 8.78. The van der Waals surface area contributed by atoms with Crippen LogP contribution in [0.4, 0.5) is 4.79 Å². The number of carbonyl (C=O) groups excluding carboxylic acids is 1. The Morgan fingerprint density at radius 3 is 2.72 bits per heavy atom. The number of hydrogen-bond donors (Lipinski definition) is 1. The first-order valence-corrected chi connectivity index (χ1v) is 9.66. The Labute approximate surface area is 151 Å². The summed E-state index contributed by atoms with van der Waals surface area (Å²) in [6.45, 7) is 7.55. The van der Waals surface area contributed by atoms with Crippen molar-refractivity contribution < 1.29 is 4.79 Å². The largest absolute Gasteiger partial charge is 0.331 e. The lowest BCUT2D eigenvalue weighted by molar-refractivity contribution is 0.170. The minimum atomic E-state index is 0.0178. The van der Waals surface area contributed by atoms with Gasteiger partial charge in [-0.2, -0.15) is 0 Å². The third kappa shape index (κ3) is 4.94. The average Bonchev–Trinajstić information content (AvgIpc) is 3.34. The smallest absolute Gasteiger partial charge is 0.317 e. The van der Waals surface area contributed by atoms with Crippen LogP contribution in [0.2, 0.25) is 0 Å². The Kier molecular flexibility index (Phi) is 5.62. The minimum Gasteiger partial charge on any atom is -0.331 e. The topological polar surface area (TPSA) is 48.5 Å². The van der Waals surface area contributed by atoms with Crippen LogP contribution < -0.4 is 5.32 Å². The van der Waals surface area contributed by atoms with E-state index in [1.54, 1.807) is 0 Å². The molecule has 1 aliphatic heterocycles. The molecule has 5 heteroatoms. The number of likely N-dealkylation sites (N-methyl/N-ethyl adjacent to an activating group) is 1. The number of hydrogen-bond acceptors (Lipinski definition) is 3. The zero-order valence-corrected chi connectivity index (χ0v) is 15.9. The minimum absolute atomic E-state index is 0.0178. The fourth-order valence-corrected chi connectivity index (χ4v) is 3.68. The van der Waals surface area contributed by atoms with Crippen LogP contribution in [-0.4, -0.2) is 59.1 Å². The van der Waals surface area contributed by atoms with Crippen LogP contribution >= 0.6 is 0 Å². The maximum Gasteiger partial charge on any atom is 0.317 e. The number of urea groups is 1. The predicted octanol–water partition coefficient (Wildman–Crippen LogP) is 2.98. The van der Waals surface area contributed by atoms with E-state index < -0.39 is 0 Å². The molecule has 1 aromatic rings. The molecule has 1 aromatic heterocycles. The van der Waals surface area contributed by atoms with Gasteiger partial charge in [0.15, 0.2) is 0 Å². The van der Waals surface area contributed by atoms with Gasteiger partial charge in [-0.25, -0.2) is 4.79 Å². The Morgan fingerprint density at radius 2 is 2.08 bits per heavy atom. The zero-order chi connectivity index (χ0) is 17.9. The molecule has 0 bridgehead atoms. The summed E-state index contributed by atoms with van der Waals surface area (Å²) >= 11 is 0. The van der Waals surface area contributed by atoms with Gasteiger partial charge in [-0.1, -0.05) is 6.42 Å². The van der Waals surface area contributed by atoms with Gasteiger partial charge in [0.05, 0.1) is 5.54 Å². The molecule has 5 nitrogen and oxygen atoms in total. The number of carbonyl (C=O) groups is 1. The van der Waals surface area contributed by atoms with Gasteiger partial charge < -0.3 is 15.1 Å². The molecule has 138 valence electrons. The molecule has 2 aliphatic rings. The lowest BCUT2D eigenvalue weighted by atomic mass is 10.1. The monoisotopic (exact) mass is 344 g/mol. The van der Waals surface area contributed by atoms with Crippen molar-refractivity contribution in [3.05, 3.63) is 29.6 Å². The number of aromatic nitrogens is 1. The van der Waals surface area contributed by atoms with E-state index >= 15 is 0 Å². The van der Waals surface area contributed by atoms with Crippen LogP contribution in [-0.2, 0) is 6.42 Å². The van der Waals surface area contributed by atoms with Crippen LogP contribution in [0.1, 0.15) is 50.3 Å². The number of likely N-dealkylation sites (tertiary alicyclic amines) is 1. The van der Waals surface area contributed by atoms with Crippen LogP contribution in [0, 0.1) is 6.92 Å². The second-order valence-electron chi connectivity index (χ2n) is 8.04. The molecule has 2 amide bonds. The number of amides is 2. The number of rotatable bonds is 6. The maximum absolute atomic E-state index is 12.7. The van der Waals surface area contributed by atoms with Crippen molar-refractivity contribution >= 4 is 6.03 Å². The third-order valence-corrected chi connectivity index (χ3v) is 5.66. The van der Waals surface area contributed by atoms with E-state index in [1.165, 1.54) is 37.9 Å². The van der Waals surface area contributed by atoms with E-state index in [9.17, 15) is 4.79 Å². The average molecular weight is 345 g/mol. The van der Waals surface area contributed by atoms with Crippen LogP contribution in [0.15, 0.2) is 18.3 Å². The molecule has 0 spiro atoms. The Hall–Kier alpha value is -1.62. The van der Waals surface area contributed by atoms with E-state index in [4.69, 9.17) is 0 Å². The fraction of sp³-hybridized carbons (Fsp3) is 0.700. The van der Waals surface area contributed by atoms with Crippen LogP contribution in [0.25, 0.3) is 0 Å². The molecule has 1 N–H and O–H groups in total. The second-order valence-corrected chi connectivity index (χ2v) is 8.04. The summed E-state index contributed by atoms with van der Waals surface area (Å²) in [6, 6.07) is 4.28. The van der Waals surface area contributed by atoms with Gasteiger partial charge in [-0.05, 0) is 70.3 Å². The van der Waals surface area contributed by atoms with Gasteiger partial charge in [0.1, 0.15) is 0 Å². The van der Waals surface area contributed by atoms with Gasteiger partial charge in [0.2, 0.25) is 0 Å². The fourth-order valence-electron chi connectivity index (χ4n) is 3.68. The lowest BCUT2D eigenvalue weighted by Crippen LogP contribution is -2.52. The first-order valence-electron chi connectivity index (χ1n) is 9.66. The van der Waals surface area contributed by atoms with Crippen molar-refractivity contribution in [2.75, 3.05) is 26.7 Å². The highest BCUT2D eigenvalue weighted by molar-refractivity contribution is 5.75. The van der Waals surface area contributed by atoms with Crippen molar-refractivity contribution in [2.24, 2.45) is 0 Å². The molecule has 1 saturated heterocycles. The van der Waals surface area contributed by atoms with E-state index in [2.05, 4.69) is 35.1 Å².